The summed E-state index contributed by atoms with van der Waals surface area (Å²) in [7, 11) is 0. The number of benzene rings is 1. The first-order valence-electron chi connectivity index (χ1n) is 6.32. The molecule has 114 valence electrons. The number of ether oxygens (including phenoxy) is 1. The Kier molecular flexibility index (Phi) is 5.35. The summed E-state index contributed by atoms with van der Waals surface area (Å²) in [6, 6.07) is 7.22. The van der Waals surface area contributed by atoms with Gasteiger partial charge in [-0.2, -0.15) is 0 Å². The molecule has 7 heteroatoms. The summed E-state index contributed by atoms with van der Waals surface area (Å²) >= 11 is 6.13. The fourth-order valence-electron chi connectivity index (χ4n) is 1.77. The van der Waals surface area contributed by atoms with Crippen molar-refractivity contribution < 1.29 is 19.4 Å². The van der Waals surface area contributed by atoms with Gasteiger partial charge in [0.15, 0.2) is 0 Å². The van der Waals surface area contributed by atoms with Gasteiger partial charge in [-0.25, -0.2) is 0 Å². The van der Waals surface area contributed by atoms with E-state index in [4.69, 9.17) is 22.1 Å². The van der Waals surface area contributed by atoms with Gasteiger partial charge in [0, 0.05) is 0 Å². The van der Waals surface area contributed by atoms with Crippen LogP contribution in [0.5, 0.6) is 5.75 Å². The zero-order valence-corrected chi connectivity index (χ0v) is 13.2. The molecule has 1 aromatic rings. The van der Waals surface area contributed by atoms with Gasteiger partial charge in [-0.1, -0.05) is 48.8 Å². The molecule has 22 heavy (non-hydrogen) atoms. The van der Waals surface area contributed by atoms with Crippen LogP contribution in [0, 0.1) is 0 Å². The van der Waals surface area contributed by atoms with Crippen molar-refractivity contribution >= 4 is 46.3 Å². The third kappa shape index (κ3) is 3.96. The van der Waals surface area contributed by atoms with E-state index >= 15 is 0 Å². The number of carboxylic acids is 1. The van der Waals surface area contributed by atoms with E-state index in [0.29, 0.717) is 17.3 Å². The average Bonchev–Trinajstić information content (AvgIpc) is 2.73. The lowest BCUT2D eigenvalue weighted by Crippen LogP contribution is -2.33. The van der Waals surface area contributed by atoms with E-state index in [1.807, 2.05) is 12.1 Å². The predicted octanol–water partition coefficient (Wildman–Crippen LogP) is 2.54. The quantitative estimate of drug-likeness (QED) is 0.489. The minimum absolute atomic E-state index is 0.248. The highest BCUT2D eigenvalue weighted by atomic mass is 32.2. The maximum atomic E-state index is 12.2. The Hall–Kier alpha value is -2.12. The molecule has 1 saturated heterocycles. The molecule has 0 saturated carbocycles. The Labute approximate surface area is 137 Å². The van der Waals surface area contributed by atoms with Crippen molar-refractivity contribution in [3.8, 4) is 5.75 Å². The maximum Gasteiger partial charge on any atom is 0.323 e. The van der Waals surface area contributed by atoms with E-state index < -0.39 is 18.4 Å². The lowest BCUT2D eigenvalue weighted by atomic mass is 10.2. The standard InChI is InChI=1S/C15H13NO4S2/c1-2-6-20-11-5-3-4-10(7-11)8-12-14(19)16(9-13(17)18)15(21)22-12/h2-5,7-8H,1,6,9H2,(H,17,18)/b12-8-. The topological polar surface area (TPSA) is 66.8 Å². The lowest BCUT2D eigenvalue weighted by molar-refractivity contribution is -0.140. The second kappa shape index (κ2) is 7.24. The number of thioether (sulfide) groups is 1. The summed E-state index contributed by atoms with van der Waals surface area (Å²) in [5, 5.41) is 8.80. The molecule has 1 aliphatic rings. The Morgan fingerprint density at radius 3 is 2.95 bits per heavy atom. The lowest BCUT2D eigenvalue weighted by Gasteiger charge is -2.10. The van der Waals surface area contributed by atoms with Crippen LogP contribution in [0.15, 0.2) is 41.8 Å². The molecule has 1 amide bonds. The highest BCUT2D eigenvalue weighted by Gasteiger charge is 2.33. The number of rotatable bonds is 6. The van der Waals surface area contributed by atoms with Crippen LogP contribution in [0.3, 0.4) is 0 Å². The highest BCUT2D eigenvalue weighted by Crippen LogP contribution is 2.32. The minimum atomic E-state index is -1.10. The van der Waals surface area contributed by atoms with E-state index in [2.05, 4.69) is 6.58 Å². The van der Waals surface area contributed by atoms with Gasteiger partial charge in [0.25, 0.3) is 5.91 Å². The molecule has 0 radical (unpaired) electrons. The number of aliphatic carboxylic acids is 1. The van der Waals surface area contributed by atoms with Crippen molar-refractivity contribution in [3.05, 3.63) is 47.4 Å². The van der Waals surface area contributed by atoms with Crippen LogP contribution >= 0.6 is 24.0 Å². The van der Waals surface area contributed by atoms with Gasteiger partial charge in [-0.15, -0.1) is 0 Å². The summed E-state index contributed by atoms with van der Waals surface area (Å²) in [6.45, 7) is 3.55. The van der Waals surface area contributed by atoms with Crippen LogP contribution in [0.4, 0.5) is 0 Å². The second-order valence-electron chi connectivity index (χ2n) is 4.33. The van der Waals surface area contributed by atoms with E-state index in [-0.39, 0.29) is 4.32 Å². The van der Waals surface area contributed by atoms with Crippen molar-refractivity contribution in [1.82, 2.24) is 4.90 Å². The predicted molar refractivity (Wildman–Crippen MR) is 89.6 cm³/mol. The van der Waals surface area contributed by atoms with Crippen LogP contribution in [0.25, 0.3) is 6.08 Å². The van der Waals surface area contributed by atoms with Crippen molar-refractivity contribution in [2.45, 2.75) is 0 Å². The first-order valence-corrected chi connectivity index (χ1v) is 7.54. The van der Waals surface area contributed by atoms with Crippen molar-refractivity contribution in [3.63, 3.8) is 0 Å². The Bertz CT molecular complexity index is 669. The van der Waals surface area contributed by atoms with Crippen LogP contribution in [-0.2, 0) is 9.59 Å². The monoisotopic (exact) mass is 335 g/mol. The fraction of sp³-hybridized carbons (Fsp3) is 0.133. The number of carbonyl (C=O) groups is 2. The van der Waals surface area contributed by atoms with E-state index in [1.165, 1.54) is 0 Å². The molecular formula is C15H13NO4S2. The molecule has 0 aromatic heterocycles. The van der Waals surface area contributed by atoms with Gasteiger partial charge in [0.05, 0.1) is 4.91 Å². The number of carbonyl (C=O) groups excluding carboxylic acids is 1. The number of nitrogens with zero attached hydrogens (tertiary/aromatic N) is 1. The fourth-order valence-corrected chi connectivity index (χ4v) is 3.03. The van der Waals surface area contributed by atoms with Gasteiger partial charge < -0.3 is 9.84 Å². The summed E-state index contributed by atoms with van der Waals surface area (Å²) in [5.41, 5.74) is 0.775. The van der Waals surface area contributed by atoms with Crippen LogP contribution < -0.4 is 4.74 Å². The van der Waals surface area contributed by atoms with Gasteiger partial charge in [-0.3, -0.25) is 14.5 Å². The molecule has 1 aliphatic heterocycles. The summed E-state index contributed by atoms with van der Waals surface area (Å²) in [5.74, 6) is -0.832. The molecule has 0 aliphatic carbocycles. The van der Waals surface area contributed by atoms with Crippen LogP contribution in [-0.4, -0.2) is 39.4 Å². The molecule has 1 N–H and O–H groups in total. The number of hydrogen-bond donors (Lipinski definition) is 1. The summed E-state index contributed by atoms with van der Waals surface area (Å²) < 4.78 is 5.68. The van der Waals surface area contributed by atoms with E-state index in [1.54, 1.807) is 24.3 Å². The second-order valence-corrected chi connectivity index (χ2v) is 6.01. The number of amides is 1. The van der Waals surface area contributed by atoms with Gasteiger partial charge in [-0.05, 0) is 23.8 Å². The highest BCUT2D eigenvalue weighted by molar-refractivity contribution is 8.26. The number of carboxylic acid groups (broad SMARTS) is 1. The van der Waals surface area contributed by atoms with Crippen molar-refractivity contribution in [1.29, 1.82) is 0 Å². The van der Waals surface area contributed by atoms with Crippen LogP contribution in [0.1, 0.15) is 5.56 Å². The SMILES string of the molecule is C=CCOc1cccc(/C=C2\SC(=S)N(CC(=O)O)C2=O)c1. The molecular weight excluding hydrogens is 322 g/mol. The first kappa shape index (κ1) is 16.3. The third-order valence-corrected chi connectivity index (χ3v) is 4.07. The molecule has 2 rings (SSSR count). The van der Waals surface area contributed by atoms with Crippen molar-refractivity contribution in [2.24, 2.45) is 0 Å². The minimum Gasteiger partial charge on any atom is -0.490 e. The molecule has 0 spiro atoms. The zero-order chi connectivity index (χ0) is 16.1. The Morgan fingerprint density at radius 1 is 1.50 bits per heavy atom. The number of hydrogen-bond acceptors (Lipinski definition) is 5. The maximum absolute atomic E-state index is 12.2. The van der Waals surface area contributed by atoms with Crippen LogP contribution in [0.2, 0.25) is 0 Å². The van der Waals surface area contributed by atoms with E-state index in [0.717, 1.165) is 22.2 Å². The third-order valence-electron chi connectivity index (χ3n) is 2.69. The van der Waals surface area contributed by atoms with E-state index in [9.17, 15) is 9.59 Å². The molecule has 0 atom stereocenters. The Balaban J connectivity index is 2.19. The Morgan fingerprint density at radius 2 is 2.27 bits per heavy atom. The number of thiocarbonyl (C=S) groups is 1. The zero-order valence-electron chi connectivity index (χ0n) is 11.5. The normalized spacial score (nSPS) is 16.2. The molecule has 0 bridgehead atoms. The average molecular weight is 335 g/mol. The molecule has 1 fully saturated rings. The van der Waals surface area contributed by atoms with Gasteiger partial charge in [0.2, 0.25) is 0 Å². The molecule has 5 nitrogen and oxygen atoms in total. The summed E-state index contributed by atoms with van der Waals surface area (Å²) in [6.07, 6.45) is 3.31. The first-order chi connectivity index (χ1) is 10.5. The van der Waals surface area contributed by atoms with Crippen molar-refractivity contribution in [2.75, 3.05) is 13.2 Å². The van der Waals surface area contributed by atoms with Gasteiger partial charge in [0.1, 0.15) is 23.2 Å². The van der Waals surface area contributed by atoms with Gasteiger partial charge >= 0.3 is 5.97 Å². The smallest absolute Gasteiger partial charge is 0.323 e. The molecule has 1 heterocycles. The summed E-state index contributed by atoms with van der Waals surface area (Å²) in [4.78, 5) is 24.4. The largest absolute Gasteiger partial charge is 0.490 e. The molecule has 1 aromatic carbocycles. The molecule has 0 unspecified atom stereocenters.